The summed E-state index contributed by atoms with van der Waals surface area (Å²) in [6.45, 7) is -1.10. The van der Waals surface area contributed by atoms with Gasteiger partial charge in [-0.3, -0.25) is 15.4 Å². The van der Waals surface area contributed by atoms with Crippen LogP contribution in [-0.4, -0.2) is 41.2 Å². The maximum absolute atomic E-state index is 11.2. The standard InChI is InChI=1S/C8H9N3O5S/c12-5(3-16-4-6(13)14)10-7(15)11-8-9-1-2-17-8/h1-2H,3-4H2,(H,13,14)(H2,9,10,11,12,15). The maximum Gasteiger partial charge on any atom is 0.329 e. The largest absolute Gasteiger partial charge is 0.480 e. The molecule has 0 aliphatic rings. The number of anilines is 1. The van der Waals surface area contributed by atoms with E-state index in [0.717, 1.165) is 0 Å². The summed E-state index contributed by atoms with van der Waals surface area (Å²) >= 11 is 1.20. The third-order valence-corrected chi connectivity index (χ3v) is 2.05. The van der Waals surface area contributed by atoms with Crippen LogP contribution in [0.2, 0.25) is 0 Å². The molecule has 0 aliphatic heterocycles. The molecule has 0 saturated carbocycles. The first-order valence-electron chi connectivity index (χ1n) is 4.38. The topological polar surface area (TPSA) is 118 Å². The number of hydrogen-bond acceptors (Lipinski definition) is 6. The van der Waals surface area contributed by atoms with Gasteiger partial charge in [-0.05, 0) is 0 Å². The van der Waals surface area contributed by atoms with Crippen molar-refractivity contribution in [2.24, 2.45) is 0 Å². The average Bonchev–Trinajstić information content (AvgIpc) is 2.69. The van der Waals surface area contributed by atoms with Crippen molar-refractivity contribution in [1.82, 2.24) is 10.3 Å². The van der Waals surface area contributed by atoms with Gasteiger partial charge in [0.25, 0.3) is 5.91 Å². The SMILES string of the molecule is O=C(O)COCC(=O)NC(=O)Nc1nccs1. The molecule has 0 atom stereocenters. The molecule has 92 valence electrons. The second-order valence-corrected chi connectivity index (χ2v) is 3.62. The second-order valence-electron chi connectivity index (χ2n) is 2.73. The van der Waals surface area contributed by atoms with Gasteiger partial charge in [0.15, 0.2) is 5.13 Å². The number of amides is 3. The van der Waals surface area contributed by atoms with E-state index in [9.17, 15) is 14.4 Å². The molecule has 0 aliphatic carbocycles. The van der Waals surface area contributed by atoms with Crippen LogP contribution in [-0.2, 0) is 14.3 Å². The predicted molar refractivity (Wildman–Crippen MR) is 57.7 cm³/mol. The van der Waals surface area contributed by atoms with Gasteiger partial charge in [-0.25, -0.2) is 14.6 Å². The first-order chi connectivity index (χ1) is 8.08. The molecule has 0 aromatic carbocycles. The minimum absolute atomic E-state index is 0.349. The van der Waals surface area contributed by atoms with Gasteiger partial charge in [0.1, 0.15) is 13.2 Å². The molecule has 1 aromatic heterocycles. The van der Waals surface area contributed by atoms with Crippen molar-refractivity contribution in [2.75, 3.05) is 18.5 Å². The van der Waals surface area contributed by atoms with Gasteiger partial charge in [-0.1, -0.05) is 0 Å². The fourth-order valence-electron chi connectivity index (χ4n) is 0.807. The van der Waals surface area contributed by atoms with Crippen molar-refractivity contribution in [3.63, 3.8) is 0 Å². The number of rotatable bonds is 5. The third kappa shape index (κ3) is 5.58. The number of carboxylic acids is 1. The lowest BCUT2D eigenvalue weighted by Crippen LogP contribution is -2.37. The summed E-state index contributed by atoms with van der Waals surface area (Å²) < 4.78 is 4.49. The molecule has 0 saturated heterocycles. The minimum Gasteiger partial charge on any atom is -0.480 e. The van der Waals surface area contributed by atoms with Gasteiger partial charge in [0.2, 0.25) is 0 Å². The van der Waals surface area contributed by atoms with Crippen LogP contribution in [0.25, 0.3) is 0 Å². The number of thiazole rings is 1. The molecule has 0 bridgehead atoms. The van der Waals surface area contributed by atoms with Gasteiger partial charge in [0.05, 0.1) is 0 Å². The molecule has 8 nitrogen and oxygen atoms in total. The third-order valence-electron chi connectivity index (χ3n) is 1.36. The number of aromatic nitrogens is 1. The zero-order valence-electron chi connectivity index (χ0n) is 8.50. The van der Waals surface area contributed by atoms with Crippen LogP contribution in [0, 0.1) is 0 Å². The van der Waals surface area contributed by atoms with Crippen LogP contribution < -0.4 is 10.6 Å². The van der Waals surface area contributed by atoms with E-state index in [2.05, 4.69) is 15.0 Å². The van der Waals surface area contributed by atoms with Crippen molar-refractivity contribution in [2.45, 2.75) is 0 Å². The zero-order chi connectivity index (χ0) is 12.7. The summed E-state index contributed by atoms with van der Waals surface area (Å²) in [7, 11) is 0. The molecule has 9 heteroatoms. The number of nitrogens with one attached hydrogen (secondary N) is 2. The monoisotopic (exact) mass is 259 g/mol. The Morgan fingerprint density at radius 2 is 2.18 bits per heavy atom. The molecular formula is C8H9N3O5S. The molecule has 1 heterocycles. The van der Waals surface area contributed by atoms with E-state index in [1.54, 1.807) is 5.38 Å². The number of imide groups is 1. The van der Waals surface area contributed by atoms with Crippen LogP contribution >= 0.6 is 11.3 Å². The quantitative estimate of drug-likeness (QED) is 0.679. The summed E-state index contributed by atoms with van der Waals surface area (Å²) in [5.41, 5.74) is 0. The summed E-state index contributed by atoms with van der Waals surface area (Å²) in [6.07, 6.45) is 1.50. The summed E-state index contributed by atoms with van der Waals surface area (Å²) in [4.78, 5) is 36.1. The number of aliphatic carboxylic acids is 1. The molecule has 0 fully saturated rings. The Balaban J connectivity index is 2.22. The molecule has 3 amide bonds. The Morgan fingerprint density at radius 3 is 2.76 bits per heavy atom. The van der Waals surface area contributed by atoms with Crippen molar-refractivity contribution >= 4 is 34.4 Å². The Morgan fingerprint density at radius 1 is 1.41 bits per heavy atom. The van der Waals surface area contributed by atoms with Crippen molar-refractivity contribution in [3.05, 3.63) is 11.6 Å². The summed E-state index contributed by atoms with van der Waals surface area (Å²) in [5.74, 6) is -1.93. The Hall–Kier alpha value is -2.00. The Kier molecular flexibility index (Phi) is 5.04. The lowest BCUT2D eigenvalue weighted by Gasteiger charge is -2.03. The number of hydrogen-bond donors (Lipinski definition) is 3. The average molecular weight is 259 g/mol. The van der Waals surface area contributed by atoms with E-state index in [0.29, 0.717) is 5.13 Å². The van der Waals surface area contributed by atoms with E-state index in [1.807, 2.05) is 5.32 Å². The molecule has 0 unspecified atom stereocenters. The predicted octanol–water partition coefficient (Wildman–Crippen LogP) is -0.108. The van der Waals surface area contributed by atoms with Crippen LogP contribution in [0.5, 0.6) is 0 Å². The molecular weight excluding hydrogens is 250 g/mol. The number of nitrogens with zero attached hydrogens (tertiary/aromatic N) is 1. The van der Waals surface area contributed by atoms with E-state index in [-0.39, 0.29) is 0 Å². The number of carbonyl (C=O) groups is 3. The van der Waals surface area contributed by atoms with E-state index >= 15 is 0 Å². The van der Waals surface area contributed by atoms with Gasteiger partial charge in [-0.2, -0.15) is 0 Å². The van der Waals surface area contributed by atoms with Gasteiger partial charge < -0.3 is 9.84 Å². The highest BCUT2D eigenvalue weighted by Gasteiger charge is 2.09. The highest BCUT2D eigenvalue weighted by molar-refractivity contribution is 7.13. The van der Waals surface area contributed by atoms with Gasteiger partial charge in [-0.15, -0.1) is 11.3 Å². The number of carbonyl (C=O) groups excluding carboxylic acids is 2. The van der Waals surface area contributed by atoms with Crippen molar-refractivity contribution < 1.29 is 24.2 Å². The lowest BCUT2D eigenvalue weighted by atomic mass is 10.6. The van der Waals surface area contributed by atoms with Crippen molar-refractivity contribution in [1.29, 1.82) is 0 Å². The van der Waals surface area contributed by atoms with Crippen LogP contribution in [0.3, 0.4) is 0 Å². The zero-order valence-corrected chi connectivity index (χ0v) is 9.32. The van der Waals surface area contributed by atoms with Gasteiger partial charge in [0, 0.05) is 11.6 Å². The molecule has 1 aromatic rings. The van der Waals surface area contributed by atoms with Crippen LogP contribution in [0.1, 0.15) is 0 Å². The molecule has 17 heavy (non-hydrogen) atoms. The van der Waals surface area contributed by atoms with E-state index in [1.165, 1.54) is 17.5 Å². The Bertz CT molecular complexity index is 405. The van der Waals surface area contributed by atoms with Crippen LogP contribution in [0.4, 0.5) is 9.93 Å². The highest BCUT2D eigenvalue weighted by Crippen LogP contribution is 2.09. The first-order valence-corrected chi connectivity index (χ1v) is 5.26. The van der Waals surface area contributed by atoms with Gasteiger partial charge >= 0.3 is 12.0 Å². The lowest BCUT2D eigenvalue weighted by molar-refractivity contribution is -0.143. The fourth-order valence-corrected chi connectivity index (χ4v) is 1.33. The molecule has 3 N–H and O–H groups in total. The molecule has 0 spiro atoms. The number of carboxylic acid groups (broad SMARTS) is 1. The first kappa shape index (κ1) is 13.1. The van der Waals surface area contributed by atoms with E-state index < -0.39 is 31.1 Å². The van der Waals surface area contributed by atoms with Crippen LogP contribution in [0.15, 0.2) is 11.6 Å². The fraction of sp³-hybridized carbons (Fsp3) is 0.250. The Labute approximate surface area is 99.6 Å². The molecule has 1 rings (SSSR count). The highest BCUT2D eigenvalue weighted by atomic mass is 32.1. The van der Waals surface area contributed by atoms with E-state index in [4.69, 9.17) is 5.11 Å². The second kappa shape index (κ2) is 6.55. The summed E-state index contributed by atoms with van der Waals surface area (Å²) in [5, 5.41) is 14.5. The molecule has 0 radical (unpaired) electrons. The number of ether oxygens (including phenoxy) is 1. The maximum atomic E-state index is 11.2. The summed E-state index contributed by atoms with van der Waals surface area (Å²) in [6, 6.07) is -0.746. The smallest absolute Gasteiger partial charge is 0.329 e. The minimum atomic E-state index is -1.19. The van der Waals surface area contributed by atoms with Crippen molar-refractivity contribution in [3.8, 4) is 0 Å². The normalized spacial score (nSPS) is 9.65. The number of urea groups is 1.